The van der Waals surface area contributed by atoms with Gasteiger partial charge in [-0.25, -0.2) is 0 Å². The lowest BCUT2D eigenvalue weighted by Gasteiger charge is -2.23. The summed E-state index contributed by atoms with van der Waals surface area (Å²) in [6.07, 6.45) is 2.22. The van der Waals surface area contributed by atoms with Crippen LogP contribution in [0.2, 0.25) is 0 Å². The summed E-state index contributed by atoms with van der Waals surface area (Å²) in [6, 6.07) is 8.46. The van der Waals surface area contributed by atoms with Crippen molar-refractivity contribution in [1.29, 1.82) is 0 Å². The molecule has 1 aromatic rings. The van der Waals surface area contributed by atoms with E-state index in [1.807, 2.05) is 12.1 Å². The van der Waals surface area contributed by atoms with Crippen molar-refractivity contribution in [2.24, 2.45) is 11.1 Å². The SMILES string of the molecule is CC(C)(C)CCC(N)C1COc2ccccc21. The molecule has 0 saturated carbocycles. The summed E-state index contributed by atoms with van der Waals surface area (Å²) >= 11 is 0. The molecule has 0 saturated heterocycles. The number of benzene rings is 1. The van der Waals surface area contributed by atoms with Crippen LogP contribution in [0.15, 0.2) is 24.3 Å². The van der Waals surface area contributed by atoms with Gasteiger partial charge < -0.3 is 10.5 Å². The Kier molecular flexibility index (Phi) is 3.43. The van der Waals surface area contributed by atoms with Gasteiger partial charge in [0.05, 0.1) is 6.61 Å². The maximum absolute atomic E-state index is 6.32. The van der Waals surface area contributed by atoms with Crippen molar-refractivity contribution in [3.8, 4) is 5.75 Å². The number of para-hydroxylation sites is 1. The van der Waals surface area contributed by atoms with Crippen LogP contribution in [0.3, 0.4) is 0 Å². The topological polar surface area (TPSA) is 35.2 Å². The maximum atomic E-state index is 6.32. The van der Waals surface area contributed by atoms with Gasteiger partial charge in [0.25, 0.3) is 0 Å². The van der Waals surface area contributed by atoms with Crippen molar-refractivity contribution in [1.82, 2.24) is 0 Å². The maximum Gasteiger partial charge on any atom is 0.122 e. The van der Waals surface area contributed by atoms with E-state index in [0.717, 1.165) is 25.2 Å². The van der Waals surface area contributed by atoms with E-state index in [1.165, 1.54) is 5.56 Å². The van der Waals surface area contributed by atoms with Gasteiger partial charge in [-0.2, -0.15) is 0 Å². The van der Waals surface area contributed by atoms with Crippen LogP contribution in [0.25, 0.3) is 0 Å². The molecule has 0 bridgehead atoms. The third kappa shape index (κ3) is 3.01. The minimum absolute atomic E-state index is 0.206. The molecule has 94 valence electrons. The minimum Gasteiger partial charge on any atom is -0.493 e. The molecule has 1 aliphatic heterocycles. The highest BCUT2D eigenvalue weighted by Crippen LogP contribution is 2.36. The van der Waals surface area contributed by atoms with Gasteiger partial charge in [0.1, 0.15) is 5.75 Å². The summed E-state index contributed by atoms with van der Waals surface area (Å²) in [7, 11) is 0. The smallest absolute Gasteiger partial charge is 0.122 e. The second-order valence-electron chi connectivity index (χ2n) is 6.22. The Balaban J connectivity index is 2.00. The first-order valence-corrected chi connectivity index (χ1v) is 6.45. The molecular formula is C15H23NO. The van der Waals surface area contributed by atoms with Gasteiger partial charge in [-0.05, 0) is 24.3 Å². The molecule has 0 radical (unpaired) electrons. The summed E-state index contributed by atoms with van der Waals surface area (Å²) in [5.74, 6) is 1.39. The van der Waals surface area contributed by atoms with E-state index in [9.17, 15) is 0 Å². The van der Waals surface area contributed by atoms with Crippen molar-refractivity contribution < 1.29 is 4.74 Å². The average Bonchev–Trinajstić information content (AvgIpc) is 2.68. The summed E-state index contributed by atoms with van der Waals surface area (Å²) < 4.78 is 5.68. The fraction of sp³-hybridized carbons (Fsp3) is 0.600. The highest BCUT2D eigenvalue weighted by molar-refractivity contribution is 5.40. The number of fused-ring (bicyclic) bond motifs is 1. The van der Waals surface area contributed by atoms with Gasteiger partial charge in [0, 0.05) is 17.5 Å². The molecule has 1 aromatic carbocycles. The van der Waals surface area contributed by atoms with Crippen molar-refractivity contribution in [3.63, 3.8) is 0 Å². The molecule has 0 spiro atoms. The number of nitrogens with two attached hydrogens (primary N) is 1. The lowest BCUT2D eigenvalue weighted by molar-refractivity contribution is 0.288. The Labute approximate surface area is 104 Å². The highest BCUT2D eigenvalue weighted by Gasteiger charge is 2.29. The monoisotopic (exact) mass is 233 g/mol. The first kappa shape index (κ1) is 12.4. The zero-order valence-corrected chi connectivity index (χ0v) is 11.1. The van der Waals surface area contributed by atoms with E-state index in [1.54, 1.807) is 0 Å². The Bertz CT molecular complexity index is 381. The second kappa shape index (κ2) is 4.69. The number of hydrogen-bond acceptors (Lipinski definition) is 2. The Morgan fingerprint density at radius 2 is 2.06 bits per heavy atom. The lowest BCUT2D eigenvalue weighted by atomic mass is 9.84. The van der Waals surface area contributed by atoms with Gasteiger partial charge in [-0.1, -0.05) is 39.0 Å². The van der Waals surface area contributed by atoms with Crippen LogP contribution >= 0.6 is 0 Å². The first-order valence-electron chi connectivity index (χ1n) is 6.45. The molecule has 2 unspecified atom stereocenters. The largest absolute Gasteiger partial charge is 0.493 e. The predicted octanol–water partition coefficient (Wildman–Crippen LogP) is 3.32. The summed E-state index contributed by atoms with van der Waals surface area (Å²) in [4.78, 5) is 0. The van der Waals surface area contributed by atoms with Crippen LogP contribution in [0.4, 0.5) is 0 Å². The highest BCUT2D eigenvalue weighted by atomic mass is 16.5. The third-order valence-electron chi connectivity index (χ3n) is 3.48. The molecule has 2 rings (SSSR count). The van der Waals surface area contributed by atoms with Crippen LogP contribution in [0.5, 0.6) is 5.75 Å². The van der Waals surface area contributed by atoms with Gasteiger partial charge in [0.15, 0.2) is 0 Å². The van der Waals surface area contributed by atoms with Crippen LogP contribution in [-0.2, 0) is 0 Å². The molecule has 1 heterocycles. The molecule has 0 aromatic heterocycles. The molecule has 2 N–H and O–H groups in total. The second-order valence-corrected chi connectivity index (χ2v) is 6.22. The summed E-state index contributed by atoms with van der Waals surface area (Å²) in [5, 5.41) is 0. The molecule has 2 heteroatoms. The molecule has 2 atom stereocenters. The zero-order chi connectivity index (χ0) is 12.5. The normalized spacial score (nSPS) is 20.8. The fourth-order valence-electron chi connectivity index (χ4n) is 2.34. The van der Waals surface area contributed by atoms with Gasteiger partial charge in [-0.15, -0.1) is 0 Å². The van der Waals surface area contributed by atoms with Crippen molar-refractivity contribution in [3.05, 3.63) is 29.8 Å². The number of rotatable bonds is 3. The van der Waals surface area contributed by atoms with Crippen molar-refractivity contribution in [2.75, 3.05) is 6.61 Å². The molecule has 1 aliphatic rings. The van der Waals surface area contributed by atoms with E-state index in [-0.39, 0.29) is 6.04 Å². The number of ether oxygens (including phenoxy) is 1. The van der Waals surface area contributed by atoms with E-state index in [0.29, 0.717) is 11.3 Å². The standard InChI is InChI=1S/C15H23NO/c1-15(2,3)9-8-13(16)12-10-17-14-7-5-4-6-11(12)14/h4-7,12-13H,8-10,16H2,1-3H3. The Morgan fingerprint density at radius 1 is 1.35 bits per heavy atom. The third-order valence-corrected chi connectivity index (χ3v) is 3.48. The molecule has 0 fully saturated rings. The Morgan fingerprint density at radius 3 is 2.76 bits per heavy atom. The average molecular weight is 233 g/mol. The molecular weight excluding hydrogens is 210 g/mol. The van der Waals surface area contributed by atoms with E-state index in [4.69, 9.17) is 10.5 Å². The fourth-order valence-corrected chi connectivity index (χ4v) is 2.34. The van der Waals surface area contributed by atoms with E-state index < -0.39 is 0 Å². The minimum atomic E-state index is 0.206. The van der Waals surface area contributed by atoms with Crippen LogP contribution in [0.1, 0.15) is 45.1 Å². The molecule has 0 amide bonds. The van der Waals surface area contributed by atoms with Gasteiger partial charge in [-0.3, -0.25) is 0 Å². The van der Waals surface area contributed by atoms with E-state index in [2.05, 4.69) is 32.9 Å². The van der Waals surface area contributed by atoms with Crippen LogP contribution in [0, 0.1) is 5.41 Å². The molecule has 2 nitrogen and oxygen atoms in total. The number of hydrogen-bond donors (Lipinski definition) is 1. The van der Waals surface area contributed by atoms with E-state index >= 15 is 0 Å². The van der Waals surface area contributed by atoms with Crippen LogP contribution < -0.4 is 10.5 Å². The molecule has 0 aliphatic carbocycles. The van der Waals surface area contributed by atoms with Crippen molar-refractivity contribution >= 4 is 0 Å². The summed E-state index contributed by atoms with van der Waals surface area (Å²) in [6.45, 7) is 7.53. The predicted molar refractivity (Wildman–Crippen MR) is 71.3 cm³/mol. The Hall–Kier alpha value is -1.02. The zero-order valence-electron chi connectivity index (χ0n) is 11.1. The van der Waals surface area contributed by atoms with Gasteiger partial charge >= 0.3 is 0 Å². The first-order chi connectivity index (χ1) is 7.97. The van der Waals surface area contributed by atoms with Crippen molar-refractivity contribution in [2.45, 2.75) is 45.6 Å². The quantitative estimate of drug-likeness (QED) is 0.869. The summed E-state index contributed by atoms with van der Waals surface area (Å²) in [5.41, 5.74) is 7.96. The lowest BCUT2D eigenvalue weighted by Crippen LogP contribution is -2.30. The van der Waals surface area contributed by atoms with Crippen LogP contribution in [-0.4, -0.2) is 12.6 Å². The van der Waals surface area contributed by atoms with Gasteiger partial charge in [0.2, 0.25) is 0 Å². The molecule has 17 heavy (non-hydrogen) atoms.